The van der Waals surface area contributed by atoms with Crippen molar-refractivity contribution in [2.75, 3.05) is 13.1 Å². The van der Waals surface area contributed by atoms with Crippen LogP contribution in [0.25, 0.3) is 0 Å². The number of aryl methyl sites for hydroxylation is 2. The second kappa shape index (κ2) is 19.2. The quantitative estimate of drug-likeness (QED) is 0.0288. The third kappa shape index (κ3) is 11.0. The molecule has 14 nitrogen and oxygen atoms in total. The normalized spacial score (nSPS) is 14.7. The summed E-state index contributed by atoms with van der Waals surface area (Å²) in [7, 11) is 56.0. The number of primary amides is 1. The molecule has 0 bridgehead atoms. The second-order valence-electron chi connectivity index (χ2n) is 13.5. The Hall–Kier alpha value is -4.11. The van der Waals surface area contributed by atoms with E-state index in [0.29, 0.717) is 29.5 Å². The van der Waals surface area contributed by atoms with Gasteiger partial charge in [-0.3, -0.25) is 24.2 Å². The molecule has 0 saturated heterocycles. The van der Waals surface area contributed by atoms with Gasteiger partial charge < -0.3 is 49.7 Å². The molecule has 2 aromatic carbocycles. The van der Waals surface area contributed by atoms with E-state index in [1.165, 1.54) is 12.1 Å². The molecule has 14 N–H and O–H groups in total. The molecule has 0 saturated carbocycles. The summed E-state index contributed by atoms with van der Waals surface area (Å²) in [6.45, 7) is 3.77. The van der Waals surface area contributed by atoms with Gasteiger partial charge in [0.25, 0.3) is 0 Å². The second-order valence-corrected chi connectivity index (χ2v) is 13.5. The Labute approximate surface area is 334 Å². The first-order valence-corrected chi connectivity index (χ1v) is 17.1. The van der Waals surface area contributed by atoms with Crippen LogP contribution in [0.3, 0.4) is 0 Å². The fraction of sp³-hybridized carbons (Fsp3) is 0.469. The van der Waals surface area contributed by atoms with Crippen molar-refractivity contribution in [1.29, 1.82) is 0 Å². The first kappa shape index (κ1) is 47.0. The summed E-state index contributed by atoms with van der Waals surface area (Å²) in [6, 6.07) is 0.431. The molecule has 0 spiro atoms. The molecule has 0 unspecified atom stereocenters. The topological polar surface area (TPSA) is 267 Å². The van der Waals surface area contributed by atoms with Crippen molar-refractivity contribution in [2.45, 2.75) is 80.5 Å². The summed E-state index contributed by atoms with van der Waals surface area (Å²) in [5.41, 5.74) is 22.5. The van der Waals surface area contributed by atoms with E-state index >= 15 is 0 Å². The lowest BCUT2D eigenvalue weighted by atomic mass is 9.34. The van der Waals surface area contributed by atoms with Gasteiger partial charge >= 0.3 is 0 Å². The summed E-state index contributed by atoms with van der Waals surface area (Å²) in [5.74, 6) is -4.63. The highest BCUT2D eigenvalue weighted by molar-refractivity contribution is 6.68. The largest absolute Gasteiger partial charge is 0.508 e. The number of guanidine groups is 1. The lowest BCUT2D eigenvalue weighted by Gasteiger charge is -2.49. The molecule has 2 aromatic rings. The van der Waals surface area contributed by atoms with Crippen LogP contribution in [-0.4, -0.2) is 141 Å². The third-order valence-corrected chi connectivity index (χ3v) is 9.27. The highest BCUT2D eigenvalue weighted by Gasteiger charge is 2.50. The number of carbonyl (C=O) groups is 4. The molecule has 4 atom stereocenters. The van der Waals surface area contributed by atoms with Gasteiger partial charge in [0.15, 0.2) is 5.96 Å². The molecule has 0 aliphatic rings. The number of rotatable bonds is 19. The number of aliphatic imine (C=N–C) groups is 1. The minimum atomic E-state index is -2.95. The highest BCUT2D eigenvalue weighted by atomic mass is 16.3. The summed E-state index contributed by atoms with van der Waals surface area (Å²) < 4.78 is 0. The lowest BCUT2D eigenvalue weighted by Crippen LogP contribution is -2.76. The number of aromatic hydroxyl groups is 1. The molecule has 0 aliphatic heterocycles. The van der Waals surface area contributed by atoms with E-state index in [-0.39, 0.29) is 66.9 Å². The SMILES string of the molecule is [B]c1c([B])c([B])c(C([B])([B])[C@]([B])(NC(=O)[C@]([B])(CCCCN)NC(=O)[C@H](Cc2c(C)cc(O)cc2C)NC(=O)[C@H](N)CCCN=C(N)N)C(N)=O)c([B])c1[B]. The maximum absolute atomic E-state index is 14.2. The van der Waals surface area contributed by atoms with Crippen molar-refractivity contribution in [1.82, 2.24) is 16.0 Å². The zero-order valence-corrected chi connectivity index (χ0v) is 31.1. The van der Waals surface area contributed by atoms with Gasteiger partial charge in [-0.15, -0.1) is 27.3 Å². The fourth-order valence-electron chi connectivity index (χ4n) is 5.88. The molecule has 0 heterocycles. The molecule has 270 valence electrons. The van der Waals surface area contributed by atoms with Gasteiger partial charge in [-0.05, 0) is 74.9 Å². The van der Waals surface area contributed by atoms with Crippen molar-refractivity contribution >= 4 is 128 Å². The molecule has 0 aliphatic carbocycles. The van der Waals surface area contributed by atoms with Gasteiger partial charge in [-0.1, -0.05) is 17.2 Å². The van der Waals surface area contributed by atoms with Gasteiger partial charge in [-0.25, -0.2) is 0 Å². The molecule has 18 radical (unpaired) electrons. The molecule has 55 heavy (non-hydrogen) atoms. The number of nitrogens with zero attached hydrogens (tertiary/aromatic N) is 1. The van der Waals surface area contributed by atoms with Crippen LogP contribution < -0.4 is 71.9 Å². The average molecular weight is 728 g/mol. The smallest absolute Gasteiger partial charge is 0.243 e. The number of nitrogens with one attached hydrogen (secondary N) is 3. The van der Waals surface area contributed by atoms with Crippen LogP contribution in [0, 0.1) is 13.8 Å². The molecular formula is C32H40B9N9O5. The van der Waals surface area contributed by atoms with E-state index in [0.717, 1.165) is 0 Å². The predicted molar refractivity (Wildman–Crippen MR) is 223 cm³/mol. The van der Waals surface area contributed by atoms with Crippen molar-refractivity contribution in [3.8, 4) is 5.75 Å². The van der Waals surface area contributed by atoms with E-state index in [1.807, 2.05) is 0 Å². The van der Waals surface area contributed by atoms with Crippen molar-refractivity contribution in [2.24, 2.45) is 33.7 Å². The Bertz CT molecular complexity index is 1760. The predicted octanol–water partition coefficient (Wildman–Crippen LogP) is -8.85. The Morgan fingerprint density at radius 3 is 1.84 bits per heavy atom. The molecule has 0 aromatic heterocycles. The van der Waals surface area contributed by atoms with Crippen molar-refractivity contribution < 1.29 is 24.3 Å². The molecule has 2 rings (SSSR count). The average Bonchev–Trinajstić information content (AvgIpc) is 3.08. The van der Waals surface area contributed by atoms with Crippen LogP contribution in [0.1, 0.15) is 54.4 Å². The summed E-state index contributed by atoms with van der Waals surface area (Å²) in [6.07, 6.45) is 0.525. The highest BCUT2D eigenvalue weighted by Crippen LogP contribution is 2.27. The van der Waals surface area contributed by atoms with Gasteiger partial charge in [0.05, 0.1) is 32.6 Å². The number of phenols is 1. The minimum absolute atomic E-state index is 0.0207. The van der Waals surface area contributed by atoms with Crippen molar-refractivity contribution in [3.63, 3.8) is 0 Å². The summed E-state index contributed by atoms with van der Waals surface area (Å²) in [4.78, 5) is 58.7. The molecular weight excluding hydrogens is 688 g/mol. The lowest BCUT2D eigenvalue weighted by molar-refractivity contribution is -0.135. The standard InChI is InChI=1S/C32H40B9N9O5/c1-13-10-15(51)11-14(2)16(13)12-18(48-25(52)17(43)6-5-9-47-29(45)46)26(53)49-30(38,7-3-4-8-42)28(55)50-32(41,27(44)54)31(39,40)19-20(33)22(35)24(37)23(36)21(19)34/h10-11,17-18,51H,3-9,12,42-43H2,1-2H3,(H2,44,54)(H,48,52)(H,49,53)(H,50,55)(H4,45,46,47)/t17-,18+,30+,32-/m1/s1. The van der Waals surface area contributed by atoms with Crippen LogP contribution in [0.2, 0.25) is 0 Å². The Balaban J connectivity index is 2.62. The first-order chi connectivity index (χ1) is 25.4. The molecule has 0 fully saturated rings. The minimum Gasteiger partial charge on any atom is -0.508 e. The molecule has 23 heteroatoms. The number of hydrogen-bond acceptors (Lipinski definition) is 8. The van der Waals surface area contributed by atoms with Crippen LogP contribution in [0.5, 0.6) is 5.75 Å². The zero-order chi connectivity index (χ0) is 42.2. The Morgan fingerprint density at radius 1 is 0.818 bits per heavy atom. The van der Waals surface area contributed by atoms with Crippen LogP contribution in [-0.2, 0) is 30.8 Å². The van der Waals surface area contributed by atoms with Crippen LogP contribution in [0.4, 0.5) is 0 Å². The van der Waals surface area contributed by atoms with Gasteiger partial charge in [0.2, 0.25) is 23.6 Å². The van der Waals surface area contributed by atoms with E-state index in [9.17, 15) is 24.3 Å². The zero-order valence-electron chi connectivity index (χ0n) is 31.1. The molecule has 4 amide bonds. The number of unbranched alkanes of at least 4 members (excludes halogenated alkanes) is 1. The fourth-order valence-corrected chi connectivity index (χ4v) is 5.88. The number of carbonyl (C=O) groups excluding carboxylic acids is 4. The number of amides is 4. The Morgan fingerprint density at radius 2 is 1.35 bits per heavy atom. The Kier molecular flexibility index (Phi) is 16.4. The van der Waals surface area contributed by atoms with E-state index < -0.39 is 68.3 Å². The summed E-state index contributed by atoms with van der Waals surface area (Å²) >= 11 is 0. The van der Waals surface area contributed by atoms with E-state index in [4.69, 9.17) is 99.3 Å². The summed E-state index contributed by atoms with van der Waals surface area (Å²) in [5, 5.41) is 14.6. The van der Waals surface area contributed by atoms with Crippen LogP contribution in [0.15, 0.2) is 17.1 Å². The maximum Gasteiger partial charge on any atom is 0.243 e. The number of benzene rings is 2. The van der Waals surface area contributed by atoms with Crippen LogP contribution >= 0.6 is 0 Å². The number of phenolic OH excluding ortho intramolecular Hbond substituents is 1. The van der Waals surface area contributed by atoms with E-state index in [2.05, 4.69) is 20.9 Å². The monoisotopic (exact) mass is 729 g/mol. The first-order valence-electron chi connectivity index (χ1n) is 17.1. The van der Waals surface area contributed by atoms with Gasteiger partial charge in [0, 0.05) is 13.0 Å². The maximum atomic E-state index is 14.2. The van der Waals surface area contributed by atoms with E-state index in [1.54, 1.807) is 13.8 Å². The van der Waals surface area contributed by atoms with Gasteiger partial charge in [-0.2, -0.15) is 0 Å². The van der Waals surface area contributed by atoms with Gasteiger partial charge in [0.1, 0.15) is 66.7 Å². The number of nitrogens with two attached hydrogens (primary N) is 5. The van der Waals surface area contributed by atoms with Crippen molar-refractivity contribution in [3.05, 3.63) is 34.4 Å². The third-order valence-electron chi connectivity index (χ3n) is 9.27. The number of hydrogen-bond donors (Lipinski definition) is 9.